The summed E-state index contributed by atoms with van der Waals surface area (Å²) in [5, 5.41) is 21.6. The molecule has 3 aromatic carbocycles. The molecule has 1 amide bonds. The fraction of sp³-hybridized carbons (Fsp3) is 0.143. The van der Waals surface area contributed by atoms with Gasteiger partial charge in [-0.25, -0.2) is 4.79 Å². The minimum atomic E-state index is -0.619. The van der Waals surface area contributed by atoms with Crippen LogP contribution in [0, 0.1) is 22.7 Å². The van der Waals surface area contributed by atoms with Gasteiger partial charge in [-0.05, 0) is 61.0 Å². The number of hydrogen-bond acceptors (Lipinski definition) is 7. The fourth-order valence-corrected chi connectivity index (χ4v) is 3.70. The van der Waals surface area contributed by atoms with E-state index < -0.39 is 11.9 Å². The van der Waals surface area contributed by atoms with E-state index in [4.69, 9.17) is 9.47 Å². The molecule has 0 spiro atoms. The number of anilines is 1. The van der Waals surface area contributed by atoms with E-state index in [1.54, 1.807) is 36.4 Å². The van der Waals surface area contributed by atoms with Gasteiger partial charge in [0.05, 0.1) is 30.9 Å². The number of benzene rings is 3. The number of amides is 1. The van der Waals surface area contributed by atoms with Crippen molar-refractivity contribution in [3.63, 3.8) is 0 Å². The third-order valence-electron chi connectivity index (χ3n) is 5.11. The Kier molecular flexibility index (Phi) is 9.42. The molecule has 0 saturated carbocycles. The lowest BCUT2D eigenvalue weighted by Gasteiger charge is -2.15. The van der Waals surface area contributed by atoms with Crippen molar-refractivity contribution >= 4 is 39.6 Å². The standard InChI is InChI=1S/C28H22BrN3O5/c1-3-36-25-13-21(24(29)14-26(25)37-17-20-7-5-4-6-19(20)15-30)12-22(16-31)27(33)32-23-10-8-18(9-11-23)28(34)35-2/h4-14H,3,17H2,1-2H3,(H,32,33)/b22-12+. The monoisotopic (exact) mass is 559 g/mol. The van der Waals surface area contributed by atoms with Crippen molar-refractivity contribution in [3.8, 4) is 23.6 Å². The van der Waals surface area contributed by atoms with Crippen LogP contribution >= 0.6 is 15.9 Å². The van der Waals surface area contributed by atoms with Crippen LogP contribution in [0.1, 0.15) is 34.0 Å². The van der Waals surface area contributed by atoms with E-state index >= 15 is 0 Å². The molecule has 0 heterocycles. The highest BCUT2D eigenvalue weighted by Gasteiger charge is 2.15. The Bertz CT molecular complexity index is 1420. The summed E-state index contributed by atoms with van der Waals surface area (Å²) < 4.78 is 16.9. The van der Waals surface area contributed by atoms with Crippen LogP contribution in [0.2, 0.25) is 0 Å². The lowest BCUT2D eigenvalue weighted by atomic mass is 10.1. The number of nitrogens with one attached hydrogen (secondary N) is 1. The minimum absolute atomic E-state index is 0.142. The Morgan fingerprint density at radius 1 is 1.03 bits per heavy atom. The predicted molar refractivity (Wildman–Crippen MR) is 141 cm³/mol. The SMILES string of the molecule is CCOc1cc(/C=C(\C#N)C(=O)Nc2ccc(C(=O)OC)cc2)c(Br)cc1OCc1ccccc1C#N. The average Bonchev–Trinajstić information content (AvgIpc) is 2.92. The number of rotatable bonds is 9. The van der Waals surface area contributed by atoms with Gasteiger partial charge in [0.2, 0.25) is 0 Å². The molecule has 9 heteroatoms. The number of ether oxygens (including phenoxy) is 3. The van der Waals surface area contributed by atoms with E-state index in [1.165, 1.54) is 25.3 Å². The van der Waals surface area contributed by atoms with Crippen LogP contribution in [0.15, 0.2) is 70.7 Å². The molecule has 186 valence electrons. The molecule has 0 aliphatic heterocycles. The largest absolute Gasteiger partial charge is 0.490 e. The summed E-state index contributed by atoms with van der Waals surface area (Å²) in [5.41, 5.74) is 2.38. The van der Waals surface area contributed by atoms with Crippen molar-refractivity contribution in [3.05, 3.63) is 93.0 Å². The van der Waals surface area contributed by atoms with Gasteiger partial charge >= 0.3 is 5.97 Å². The van der Waals surface area contributed by atoms with E-state index in [0.717, 1.165) is 5.56 Å². The summed E-state index contributed by atoms with van der Waals surface area (Å²) in [6.07, 6.45) is 1.43. The van der Waals surface area contributed by atoms with Gasteiger partial charge in [0.25, 0.3) is 5.91 Å². The summed E-state index contributed by atoms with van der Waals surface area (Å²) in [6, 6.07) is 20.6. The molecular formula is C28H22BrN3O5. The van der Waals surface area contributed by atoms with Gasteiger partial charge in [-0.1, -0.05) is 34.1 Å². The minimum Gasteiger partial charge on any atom is -0.490 e. The first-order valence-electron chi connectivity index (χ1n) is 11.1. The molecule has 3 aromatic rings. The van der Waals surface area contributed by atoms with Crippen molar-refractivity contribution in [1.29, 1.82) is 10.5 Å². The maximum Gasteiger partial charge on any atom is 0.337 e. The number of carbonyl (C=O) groups is 2. The Labute approximate surface area is 222 Å². The average molecular weight is 560 g/mol. The van der Waals surface area contributed by atoms with E-state index in [-0.39, 0.29) is 12.2 Å². The lowest BCUT2D eigenvalue weighted by molar-refractivity contribution is -0.112. The van der Waals surface area contributed by atoms with E-state index in [2.05, 4.69) is 32.1 Å². The Morgan fingerprint density at radius 2 is 1.73 bits per heavy atom. The zero-order valence-electron chi connectivity index (χ0n) is 20.1. The van der Waals surface area contributed by atoms with Gasteiger partial charge in [0, 0.05) is 15.7 Å². The zero-order valence-corrected chi connectivity index (χ0v) is 21.7. The highest BCUT2D eigenvalue weighted by atomic mass is 79.9. The molecule has 0 bridgehead atoms. The molecular weight excluding hydrogens is 538 g/mol. The predicted octanol–water partition coefficient (Wildman–Crippen LogP) is 5.63. The van der Waals surface area contributed by atoms with Crippen molar-refractivity contribution < 1.29 is 23.8 Å². The highest BCUT2D eigenvalue weighted by molar-refractivity contribution is 9.10. The van der Waals surface area contributed by atoms with Crippen LogP contribution in [0.5, 0.6) is 11.5 Å². The number of carbonyl (C=O) groups excluding carboxylic acids is 2. The quantitative estimate of drug-likeness (QED) is 0.205. The second-order valence-electron chi connectivity index (χ2n) is 7.50. The molecule has 0 saturated heterocycles. The third kappa shape index (κ3) is 6.97. The Morgan fingerprint density at radius 3 is 2.38 bits per heavy atom. The van der Waals surface area contributed by atoms with Gasteiger partial charge in [-0.15, -0.1) is 0 Å². The first-order chi connectivity index (χ1) is 17.9. The summed E-state index contributed by atoms with van der Waals surface area (Å²) in [4.78, 5) is 24.3. The van der Waals surface area contributed by atoms with Crippen LogP contribution in [0.3, 0.4) is 0 Å². The fourth-order valence-electron chi connectivity index (χ4n) is 3.26. The number of halogens is 1. The molecule has 37 heavy (non-hydrogen) atoms. The van der Waals surface area contributed by atoms with Crippen molar-refractivity contribution in [2.45, 2.75) is 13.5 Å². The van der Waals surface area contributed by atoms with Gasteiger partial charge in [0.15, 0.2) is 11.5 Å². The molecule has 0 radical (unpaired) electrons. The van der Waals surface area contributed by atoms with Crippen LogP contribution in [-0.2, 0) is 16.1 Å². The molecule has 0 unspecified atom stereocenters. The maximum atomic E-state index is 12.7. The topological polar surface area (TPSA) is 121 Å². The van der Waals surface area contributed by atoms with Crippen molar-refractivity contribution in [2.75, 3.05) is 19.0 Å². The summed E-state index contributed by atoms with van der Waals surface area (Å²) >= 11 is 3.47. The second kappa shape index (κ2) is 12.9. The molecule has 8 nitrogen and oxygen atoms in total. The number of nitriles is 2. The number of esters is 1. The van der Waals surface area contributed by atoms with Gasteiger partial charge in [0.1, 0.15) is 18.2 Å². The molecule has 0 atom stereocenters. The molecule has 0 aliphatic rings. The second-order valence-corrected chi connectivity index (χ2v) is 8.36. The Hall–Kier alpha value is -4.60. The maximum absolute atomic E-state index is 12.7. The van der Waals surface area contributed by atoms with Gasteiger partial charge in [-0.2, -0.15) is 10.5 Å². The van der Waals surface area contributed by atoms with Crippen LogP contribution in [0.4, 0.5) is 5.69 Å². The third-order valence-corrected chi connectivity index (χ3v) is 5.80. The molecule has 1 N–H and O–H groups in total. The first-order valence-corrected chi connectivity index (χ1v) is 11.9. The first kappa shape index (κ1) is 27.0. The molecule has 0 fully saturated rings. The van der Waals surface area contributed by atoms with Gasteiger partial charge in [-0.3, -0.25) is 4.79 Å². The normalized spacial score (nSPS) is 10.6. The summed E-state index contributed by atoms with van der Waals surface area (Å²) in [6.45, 7) is 2.35. The number of methoxy groups -OCH3 is 1. The van der Waals surface area contributed by atoms with E-state index in [1.807, 2.05) is 25.1 Å². The lowest BCUT2D eigenvalue weighted by Crippen LogP contribution is -2.13. The van der Waals surface area contributed by atoms with E-state index in [0.29, 0.717) is 45.0 Å². The highest BCUT2D eigenvalue weighted by Crippen LogP contribution is 2.35. The van der Waals surface area contributed by atoms with Crippen LogP contribution in [0.25, 0.3) is 6.08 Å². The van der Waals surface area contributed by atoms with Gasteiger partial charge < -0.3 is 19.5 Å². The summed E-state index contributed by atoms with van der Waals surface area (Å²) in [5.74, 6) is -0.256. The number of hydrogen-bond donors (Lipinski definition) is 1. The Balaban J connectivity index is 1.83. The zero-order chi connectivity index (χ0) is 26.8. The molecule has 0 aliphatic carbocycles. The van der Waals surface area contributed by atoms with Crippen molar-refractivity contribution in [2.24, 2.45) is 0 Å². The van der Waals surface area contributed by atoms with E-state index in [9.17, 15) is 20.1 Å². The van der Waals surface area contributed by atoms with Crippen LogP contribution in [-0.4, -0.2) is 25.6 Å². The molecule has 3 rings (SSSR count). The summed E-state index contributed by atoms with van der Waals surface area (Å²) in [7, 11) is 1.28. The smallest absolute Gasteiger partial charge is 0.337 e. The van der Waals surface area contributed by atoms with Crippen LogP contribution < -0.4 is 14.8 Å². The molecule has 0 aromatic heterocycles. The number of nitrogens with zero attached hydrogens (tertiary/aromatic N) is 2. The van der Waals surface area contributed by atoms with Crippen molar-refractivity contribution in [1.82, 2.24) is 0 Å².